The highest BCUT2D eigenvalue weighted by Crippen LogP contribution is 2.33. The number of nitrogens with zero attached hydrogens (tertiary/aromatic N) is 6. The third-order valence-electron chi connectivity index (χ3n) is 5.59. The molecule has 132 valence electrons. The molecule has 1 atom stereocenters. The zero-order valence-electron chi connectivity index (χ0n) is 14.9. The van der Waals surface area contributed by atoms with Crippen LogP contribution in [0.25, 0.3) is 0 Å². The fraction of sp³-hybridized carbons (Fsp3) is 0.579. The van der Waals surface area contributed by atoms with Crippen molar-refractivity contribution in [2.24, 2.45) is 11.8 Å². The van der Waals surface area contributed by atoms with E-state index in [-0.39, 0.29) is 0 Å². The van der Waals surface area contributed by atoms with Crippen LogP contribution < -0.4 is 4.90 Å². The van der Waals surface area contributed by atoms with Gasteiger partial charge in [-0.1, -0.05) is 0 Å². The largest absolute Gasteiger partial charge is 0.341 e. The van der Waals surface area contributed by atoms with E-state index in [0.717, 1.165) is 43.2 Å². The van der Waals surface area contributed by atoms with Crippen LogP contribution in [0, 0.1) is 18.8 Å². The highest BCUT2D eigenvalue weighted by Gasteiger charge is 2.32. The average molecular weight is 338 g/mol. The van der Waals surface area contributed by atoms with Crippen LogP contribution in [0.1, 0.15) is 30.7 Å². The monoisotopic (exact) mass is 338 g/mol. The van der Waals surface area contributed by atoms with Gasteiger partial charge in [0.1, 0.15) is 5.82 Å². The fourth-order valence-corrected chi connectivity index (χ4v) is 4.18. The summed E-state index contributed by atoms with van der Waals surface area (Å²) in [5, 5.41) is 0. The fourth-order valence-electron chi connectivity index (χ4n) is 4.18. The molecule has 4 rings (SSSR count). The molecule has 6 heteroatoms. The lowest BCUT2D eigenvalue weighted by Gasteiger charge is -2.34. The minimum absolute atomic E-state index is 0.824. The minimum Gasteiger partial charge on any atom is -0.341 e. The van der Waals surface area contributed by atoms with Gasteiger partial charge in [0.05, 0.1) is 0 Å². The summed E-state index contributed by atoms with van der Waals surface area (Å²) in [6.45, 7) is 7.48. The van der Waals surface area contributed by atoms with E-state index >= 15 is 0 Å². The summed E-state index contributed by atoms with van der Waals surface area (Å²) >= 11 is 0. The highest BCUT2D eigenvalue weighted by atomic mass is 15.2. The first-order chi connectivity index (χ1) is 12.3. The molecular weight excluding hydrogens is 312 g/mol. The van der Waals surface area contributed by atoms with Gasteiger partial charge in [-0.3, -0.25) is 4.90 Å². The summed E-state index contributed by atoms with van der Waals surface area (Å²) in [7, 11) is 0. The molecule has 2 aliphatic rings. The molecule has 1 unspecified atom stereocenters. The first kappa shape index (κ1) is 16.4. The summed E-state index contributed by atoms with van der Waals surface area (Å²) in [5.74, 6) is 3.38. The molecule has 0 aliphatic carbocycles. The maximum Gasteiger partial charge on any atom is 0.225 e. The van der Waals surface area contributed by atoms with Gasteiger partial charge < -0.3 is 4.90 Å². The molecule has 0 amide bonds. The van der Waals surface area contributed by atoms with E-state index in [0.29, 0.717) is 0 Å². The third kappa shape index (κ3) is 3.95. The van der Waals surface area contributed by atoms with E-state index in [9.17, 15) is 0 Å². The molecule has 2 aromatic rings. The number of hydrogen-bond donors (Lipinski definition) is 0. The normalized spacial score (nSPS) is 22.4. The second-order valence-corrected chi connectivity index (χ2v) is 7.30. The van der Waals surface area contributed by atoms with Crippen molar-refractivity contribution in [3.8, 4) is 0 Å². The Morgan fingerprint density at radius 2 is 1.60 bits per heavy atom. The van der Waals surface area contributed by atoms with Crippen LogP contribution in [-0.4, -0.2) is 51.0 Å². The Balaban J connectivity index is 1.27. The number of hydrogen-bond acceptors (Lipinski definition) is 6. The maximum atomic E-state index is 4.38. The van der Waals surface area contributed by atoms with Gasteiger partial charge in [-0.2, -0.15) is 0 Å². The first-order valence-corrected chi connectivity index (χ1v) is 9.30. The minimum atomic E-state index is 0.824. The quantitative estimate of drug-likeness (QED) is 0.853. The Hall–Kier alpha value is -2.08. The summed E-state index contributed by atoms with van der Waals surface area (Å²) in [6, 6.07) is 1.88. The molecule has 0 spiro atoms. The van der Waals surface area contributed by atoms with Crippen LogP contribution >= 0.6 is 0 Å². The lowest BCUT2D eigenvalue weighted by atomic mass is 9.84. The van der Waals surface area contributed by atoms with Crippen LogP contribution in [0.3, 0.4) is 0 Å². The molecular formula is C19H26N6. The summed E-state index contributed by atoms with van der Waals surface area (Å²) in [6.07, 6.45) is 11.4. The van der Waals surface area contributed by atoms with E-state index in [1.54, 1.807) is 0 Å². The summed E-state index contributed by atoms with van der Waals surface area (Å²) < 4.78 is 0. The number of likely N-dealkylation sites (tertiary alicyclic amines) is 1. The predicted molar refractivity (Wildman–Crippen MR) is 97.1 cm³/mol. The van der Waals surface area contributed by atoms with Crippen molar-refractivity contribution in [1.29, 1.82) is 0 Å². The molecule has 0 saturated carbocycles. The molecule has 2 aliphatic heterocycles. The van der Waals surface area contributed by atoms with Crippen LogP contribution in [0.5, 0.6) is 0 Å². The Bertz CT molecular complexity index is 666. The maximum absolute atomic E-state index is 4.38. The molecule has 6 nitrogen and oxygen atoms in total. The second-order valence-electron chi connectivity index (χ2n) is 7.30. The van der Waals surface area contributed by atoms with E-state index in [1.165, 1.54) is 37.9 Å². The van der Waals surface area contributed by atoms with Gasteiger partial charge in [0, 0.05) is 56.5 Å². The zero-order valence-corrected chi connectivity index (χ0v) is 14.9. The van der Waals surface area contributed by atoms with Crippen molar-refractivity contribution in [2.45, 2.75) is 32.7 Å². The molecule has 25 heavy (non-hydrogen) atoms. The van der Waals surface area contributed by atoms with Crippen molar-refractivity contribution >= 4 is 5.95 Å². The van der Waals surface area contributed by atoms with Crippen molar-refractivity contribution in [3.63, 3.8) is 0 Å². The molecule has 4 heterocycles. The summed E-state index contributed by atoms with van der Waals surface area (Å²) in [5.41, 5.74) is 1.22. The van der Waals surface area contributed by atoms with E-state index in [2.05, 4.69) is 29.7 Å². The van der Waals surface area contributed by atoms with Crippen LogP contribution in [0.4, 0.5) is 5.95 Å². The van der Waals surface area contributed by atoms with Crippen molar-refractivity contribution < 1.29 is 0 Å². The SMILES string of the molecule is Cc1ncc(CN2CCC(C3CCN(c4ncccn4)CC3)C2)cn1. The molecule has 0 radical (unpaired) electrons. The van der Waals surface area contributed by atoms with Gasteiger partial charge in [-0.25, -0.2) is 19.9 Å². The zero-order chi connectivity index (χ0) is 17.1. The van der Waals surface area contributed by atoms with E-state index in [1.807, 2.05) is 37.8 Å². The number of aromatic nitrogens is 4. The number of rotatable bonds is 4. The molecule has 0 aromatic carbocycles. The Morgan fingerprint density at radius 3 is 2.32 bits per heavy atom. The third-order valence-corrected chi connectivity index (χ3v) is 5.59. The van der Waals surface area contributed by atoms with Crippen molar-refractivity contribution in [3.05, 3.63) is 42.2 Å². The van der Waals surface area contributed by atoms with Crippen LogP contribution in [0.15, 0.2) is 30.9 Å². The van der Waals surface area contributed by atoms with Crippen LogP contribution in [0.2, 0.25) is 0 Å². The molecule has 2 aromatic heterocycles. The number of piperidine rings is 1. The molecule has 2 saturated heterocycles. The first-order valence-electron chi connectivity index (χ1n) is 9.30. The highest BCUT2D eigenvalue weighted by molar-refractivity contribution is 5.28. The van der Waals surface area contributed by atoms with Crippen molar-refractivity contribution in [2.75, 3.05) is 31.1 Å². The number of aryl methyl sites for hydroxylation is 1. The van der Waals surface area contributed by atoms with Gasteiger partial charge in [0.2, 0.25) is 5.95 Å². The standard InChI is InChI=1S/C19H26N6/c1-15-22-11-16(12-23-15)13-24-8-3-18(14-24)17-4-9-25(10-5-17)19-20-6-2-7-21-19/h2,6-7,11-12,17-18H,3-5,8-10,13-14H2,1H3. The molecule has 0 N–H and O–H groups in total. The topological polar surface area (TPSA) is 58.0 Å². The van der Waals surface area contributed by atoms with Gasteiger partial charge in [-0.05, 0) is 50.6 Å². The number of anilines is 1. The smallest absolute Gasteiger partial charge is 0.225 e. The lowest BCUT2D eigenvalue weighted by molar-refractivity contribution is 0.251. The Kier molecular flexibility index (Phi) is 4.88. The average Bonchev–Trinajstić information content (AvgIpc) is 3.13. The molecule has 0 bridgehead atoms. The van der Waals surface area contributed by atoms with Gasteiger partial charge >= 0.3 is 0 Å². The molecule has 2 fully saturated rings. The van der Waals surface area contributed by atoms with Gasteiger partial charge in [0.25, 0.3) is 0 Å². The van der Waals surface area contributed by atoms with Gasteiger partial charge in [0.15, 0.2) is 0 Å². The predicted octanol–water partition coefficient (Wildman–Crippen LogP) is 2.31. The Morgan fingerprint density at radius 1 is 0.920 bits per heavy atom. The van der Waals surface area contributed by atoms with E-state index in [4.69, 9.17) is 0 Å². The second kappa shape index (κ2) is 7.44. The lowest BCUT2D eigenvalue weighted by Crippen LogP contribution is -2.37. The van der Waals surface area contributed by atoms with Crippen molar-refractivity contribution in [1.82, 2.24) is 24.8 Å². The van der Waals surface area contributed by atoms with Gasteiger partial charge in [-0.15, -0.1) is 0 Å². The summed E-state index contributed by atoms with van der Waals surface area (Å²) in [4.78, 5) is 22.3. The Labute approximate surface area is 149 Å². The van der Waals surface area contributed by atoms with E-state index < -0.39 is 0 Å². The van der Waals surface area contributed by atoms with Crippen LogP contribution in [-0.2, 0) is 6.54 Å².